The van der Waals surface area contributed by atoms with E-state index in [4.69, 9.17) is 5.26 Å². The quantitative estimate of drug-likeness (QED) is 0.811. The highest BCUT2D eigenvalue weighted by molar-refractivity contribution is 7.93. The zero-order valence-corrected chi connectivity index (χ0v) is 9.32. The first-order chi connectivity index (χ1) is 6.99. The van der Waals surface area contributed by atoms with E-state index in [0.29, 0.717) is 5.69 Å². The Bertz CT molecular complexity index is 471. The van der Waals surface area contributed by atoms with Crippen molar-refractivity contribution in [3.8, 4) is 6.07 Å². The second-order valence-electron chi connectivity index (χ2n) is 3.08. The molecule has 15 heavy (non-hydrogen) atoms. The smallest absolute Gasteiger partial charge is 0.249 e. The van der Waals surface area contributed by atoms with Gasteiger partial charge in [0, 0.05) is 13.2 Å². The van der Waals surface area contributed by atoms with Gasteiger partial charge in [-0.1, -0.05) is 6.92 Å². The molecule has 0 saturated carbocycles. The van der Waals surface area contributed by atoms with Gasteiger partial charge in [0.1, 0.15) is 0 Å². The maximum atomic E-state index is 11.6. The second kappa shape index (κ2) is 4.31. The van der Waals surface area contributed by atoms with E-state index in [-0.39, 0.29) is 6.42 Å². The SMILES string of the molecule is CCC(C#N)S(=O)(=O)Nc1cnn(C)c1. The van der Waals surface area contributed by atoms with Crippen LogP contribution in [-0.2, 0) is 17.1 Å². The molecule has 1 aromatic heterocycles. The van der Waals surface area contributed by atoms with Crippen LogP contribution in [0.4, 0.5) is 5.69 Å². The van der Waals surface area contributed by atoms with Crippen LogP contribution < -0.4 is 4.72 Å². The molecule has 0 aliphatic heterocycles. The van der Waals surface area contributed by atoms with Gasteiger partial charge < -0.3 is 0 Å². The van der Waals surface area contributed by atoms with Crippen LogP contribution >= 0.6 is 0 Å². The van der Waals surface area contributed by atoms with E-state index in [1.54, 1.807) is 20.0 Å². The zero-order valence-electron chi connectivity index (χ0n) is 8.51. The monoisotopic (exact) mass is 228 g/mol. The van der Waals surface area contributed by atoms with E-state index < -0.39 is 15.3 Å². The molecular weight excluding hydrogens is 216 g/mol. The Morgan fingerprint density at radius 3 is 2.80 bits per heavy atom. The molecule has 1 aromatic rings. The number of anilines is 1. The summed E-state index contributed by atoms with van der Waals surface area (Å²) in [5.74, 6) is 0. The van der Waals surface area contributed by atoms with Crippen molar-refractivity contribution in [1.29, 1.82) is 5.26 Å². The molecule has 0 fully saturated rings. The van der Waals surface area contributed by atoms with Gasteiger partial charge in [-0.3, -0.25) is 9.40 Å². The highest BCUT2D eigenvalue weighted by Gasteiger charge is 2.23. The van der Waals surface area contributed by atoms with Gasteiger partial charge in [0.15, 0.2) is 5.25 Å². The minimum absolute atomic E-state index is 0.256. The van der Waals surface area contributed by atoms with Crippen LogP contribution in [0.25, 0.3) is 0 Å². The molecule has 0 aliphatic carbocycles. The van der Waals surface area contributed by atoms with Gasteiger partial charge in [-0.25, -0.2) is 8.42 Å². The van der Waals surface area contributed by atoms with E-state index >= 15 is 0 Å². The third kappa shape index (κ3) is 2.70. The third-order valence-corrected chi connectivity index (χ3v) is 3.56. The van der Waals surface area contributed by atoms with Gasteiger partial charge in [0.05, 0.1) is 18.0 Å². The van der Waals surface area contributed by atoms with Gasteiger partial charge in [0.25, 0.3) is 0 Å². The Morgan fingerprint density at radius 1 is 1.73 bits per heavy atom. The number of aromatic nitrogens is 2. The minimum atomic E-state index is -3.63. The Balaban J connectivity index is 2.86. The first kappa shape index (κ1) is 11.5. The highest BCUT2D eigenvalue weighted by atomic mass is 32.2. The fraction of sp³-hybridized carbons (Fsp3) is 0.500. The lowest BCUT2D eigenvalue weighted by atomic mass is 10.4. The average Bonchev–Trinajstić information content (AvgIpc) is 2.51. The molecular formula is C8H12N4O2S. The summed E-state index contributed by atoms with van der Waals surface area (Å²) in [5, 5.41) is 11.4. The van der Waals surface area contributed by atoms with Crippen molar-refractivity contribution < 1.29 is 8.42 Å². The van der Waals surface area contributed by atoms with Gasteiger partial charge in [-0.2, -0.15) is 10.4 Å². The van der Waals surface area contributed by atoms with Gasteiger partial charge >= 0.3 is 0 Å². The number of hydrogen-bond acceptors (Lipinski definition) is 4. The van der Waals surface area contributed by atoms with E-state index in [2.05, 4.69) is 9.82 Å². The Kier molecular flexibility index (Phi) is 3.31. The summed E-state index contributed by atoms with van der Waals surface area (Å²) in [6.45, 7) is 1.65. The van der Waals surface area contributed by atoms with Crippen molar-refractivity contribution in [3.63, 3.8) is 0 Å². The Morgan fingerprint density at radius 2 is 2.40 bits per heavy atom. The largest absolute Gasteiger partial charge is 0.279 e. The number of nitriles is 1. The fourth-order valence-electron chi connectivity index (χ4n) is 1.09. The number of sulfonamides is 1. The zero-order chi connectivity index (χ0) is 11.5. The molecule has 1 atom stereocenters. The summed E-state index contributed by atoms with van der Waals surface area (Å²) >= 11 is 0. The summed E-state index contributed by atoms with van der Waals surface area (Å²) in [5.41, 5.74) is 0.367. The predicted octanol–water partition coefficient (Wildman–Crippen LogP) is 0.464. The van der Waals surface area contributed by atoms with Crippen LogP contribution in [0.2, 0.25) is 0 Å². The van der Waals surface area contributed by atoms with Gasteiger partial charge in [-0.05, 0) is 6.42 Å². The van der Waals surface area contributed by atoms with E-state index in [9.17, 15) is 8.42 Å². The molecule has 0 radical (unpaired) electrons. The van der Waals surface area contributed by atoms with Crippen LogP contribution in [0.1, 0.15) is 13.3 Å². The van der Waals surface area contributed by atoms with Crippen LogP contribution in [0.3, 0.4) is 0 Å². The predicted molar refractivity (Wildman–Crippen MR) is 55.4 cm³/mol. The normalized spacial score (nSPS) is 13.1. The molecule has 0 aliphatic rings. The first-order valence-corrected chi connectivity index (χ1v) is 5.94. The van der Waals surface area contributed by atoms with Crippen LogP contribution in [0, 0.1) is 11.3 Å². The Hall–Kier alpha value is -1.55. The topological polar surface area (TPSA) is 87.8 Å². The molecule has 0 saturated heterocycles. The van der Waals surface area contributed by atoms with Crippen LogP contribution in [-0.4, -0.2) is 23.4 Å². The summed E-state index contributed by atoms with van der Waals surface area (Å²) in [7, 11) is -1.95. The van der Waals surface area contributed by atoms with Crippen molar-refractivity contribution in [1.82, 2.24) is 9.78 Å². The van der Waals surface area contributed by atoms with Crippen molar-refractivity contribution in [2.24, 2.45) is 7.05 Å². The minimum Gasteiger partial charge on any atom is -0.279 e. The summed E-state index contributed by atoms with van der Waals surface area (Å²) in [4.78, 5) is 0. The summed E-state index contributed by atoms with van der Waals surface area (Å²) < 4.78 is 27.0. The summed E-state index contributed by atoms with van der Waals surface area (Å²) in [6, 6.07) is 1.74. The Labute approximate surface area is 88.6 Å². The molecule has 82 valence electrons. The van der Waals surface area contributed by atoms with E-state index in [1.807, 2.05) is 0 Å². The number of nitrogens with one attached hydrogen (secondary N) is 1. The van der Waals surface area contributed by atoms with Crippen molar-refractivity contribution in [3.05, 3.63) is 12.4 Å². The first-order valence-electron chi connectivity index (χ1n) is 4.39. The third-order valence-electron chi connectivity index (χ3n) is 1.85. The van der Waals surface area contributed by atoms with Gasteiger partial charge in [-0.15, -0.1) is 0 Å². The molecule has 0 spiro atoms. The molecule has 0 amide bonds. The maximum absolute atomic E-state index is 11.6. The van der Waals surface area contributed by atoms with E-state index in [1.165, 1.54) is 17.1 Å². The molecule has 1 unspecified atom stereocenters. The lowest BCUT2D eigenvalue weighted by Crippen LogP contribution is -2.25. The fourth-order valence-corrected chi connectivity index (χ4v) is 2.24. The molecule has 1 heterocycles. The average molecular weight is 228 g/mol. The maximum Gasteiger partial charge on any atom is 0.249 e. The molecule has 0 aromatic carbocycles. The number of nitrogens with zero attached hydrogens (tertiary/aromatic N) is 3. The van der Waals surface area contributed by atoms with Crippen molar-refractivity contribution >= 4 is 15.7 Å². The molecule has 7 heteroatoms. The standard InChI is InChI=1S/C8H12N4O2S/c1-3-8(4-9)15(13,14)11-7-5-10-12(2)6-7/h5-6,8,11H,3H2,1-2H3. The summed E-state index contributed by atoms with van der Waals surface area (Å²) in [6.07, 6.45) is 3.18. The molecule has 1 N–H and O–H groups in total. The van der Waals surface area contributed by atoms with Crippen LogP contribution in [0.15, 0.2) is 12.4 Å². The van der Waals surface area contributed by atoms with E-state index in [0.717, 1.165) is 0 Å². The highest BCUT2D eigenvalue weighted by Crippen LogP contribution is 2.11. The molecule has 1 rings (SSSR count). The lowest BCUT2D eigenvalue weighted by molar-refractivity contribution is 0.593. The number of rotatable bonds is 4. The number of hydrogen-bond donors (Lipinski definition) is 1. The van der Waals surface area contributed by atoms with Crippen molar-refractivity contribution in [2.75, 3.05) is 4.72 Å². The second-order valence-corrected chi connectivity index (χ2v) is 4.94. The molecule has 0 bridgehead atoms. The van der Waals surface area contributed by atoms with Crippen molar-refractivity contribution in [2.45, 2.75) is 18.6 Å². The van der Waals surface area contributed by atoms with Gasteiger partial charge in [0.2, 0.25) is 10.0 Å². The van der Waals surface area contributed by atoms with Crippen LogP contribution in [0.5, 0.6) is 0 Å². The lowest BCUT2D eigenvalue weighted by Gasteiger charge is -2.08. The molecule has 6 nitrogen and oxygen atoms in total. The number of aryl methyl sites for hydroxylation is 1.